The smallest absolute Gasteiger partial charge is 0.431 e. The Morgan fingerprint density at radius 3 is 2.53 bits per heavy atom. The van der Waals surface area contributed by atoms with Gasteiger partial charge in [-0.3, -0.25) is 24.1 Å². The normalized spacial score (nSPS) is 15.5. The van der Waals surface area contributed by atoms with Gasteiger partial charge in [0.2, 0.25) is 0 Å². The van der Waals surface area contributed by atoms with Gasteiger partial charge in [-0.15, -0.1) is 0 Å². The van der Waals surface area contributed by atoms with Gasteiger partial charge in [0.05, 0.1) is 16.9 Å². The lowest BCUT2D eigenvalue weighted by molar-refractivity contribution is -0.177. The number of thiazole rings is 1. The van der Waals surface area contributed by atoms with E-state index in [1.807, 2.05) is 25.1 Å². The maximum absolute atomic E-state index is 12.8. The SMILES string of the molecule is Cc1nc(Nc2ncc(C(=O)Nc3c(C)cccc3Cl)s2)cc(N2CCN(CCOC(=O)ON3C(=O)CCC3=O)CC2)n1. The van der Waals surface area contributed by atoms with Crippen LogP contribution in [0.5, 0.6) is 0 Å². The number of hydrogen-bond acceptors (Lipinski definition) is 13. The number of rotatable bonds is 9. The molecule has 2 N–H and O–H groups in total. The Balaban J connectivity index is 1.10. The summed E-state index contributed by atoms with van der Waals surface area (Å²) in [4.78, 5) is 70.5. The van der Waals surface area contributed by atoms with Crippen molar-refractivity contribution in [3.05, 3.63) is 51.7 Å². The Labute approximate surface area is 255 Å². The molecule has 2 aromatic heterocycles. The lowest BCUT2D eigenvalue weighted by atomic mass is 10.2. The van der Waals surface area contributed by atoms with Crippen molar-refractivity contribution >= 4 is 69.3 Å². The van der Waals surface area contributed by atoms with E-state index in [2.05, 4.69) is 35.4 Å². The molecule has 3 amide bonds. The Kier molecular flexibility index (Phi) is 9.33. The molecule has 14 nitrogen and oxygen atoms in total. The van der Waals surface area contributed by atoms with Gasteiger partial charge in [-0.05, 0) is 25.5 Å². The highest BCUT2D eigenvalue weighted by atomic mass is 35.5. The number of para-hydroxylation sites is 1. The van der Waals surface area contributed by atoms with E-state index in [0.29, 0.717) is 70.1 Å². The zero-order valence-corrected chi connectivity index (χ0v) is 25.0. The van der Waals surface area contributed by atoms with E-state index in [1.165, 1.54) is 17.5 Å². The number of hydroxylamine groups is 2. The molecule has 0 aliphatic carbocycles. The number of nitrogens with one attached hydrogen (secondary N) is 2. The highest BCUT2D eigenvalue weighted by Crippen LogP contribution is 2.28. The van der Waals surface area contributed by atoms with Crippen LogP contribution < -0.4 is 15.5 Å². The summed E-state index contributed by atoms with van der Waals surface area (Å²) in [7, 11) is 0. The van der Waals surface area contributed by atoms with Crippen molar-refractivity contribution in [3.8, 4) is 0 Å². The molecule has 16 heteroatoms. The summed E-state index contributed by atoms with van der Waals surface area (Å²) in [6.07, 6.45) is 0.463. The number of imide groups is 1. The van der Waals surface area contributed by atoms with Crippen molar-refractivity contribution in [1.82, 2.24) is 24.9 Å². The summed E-state index contributed by atoms with van der Waals surface area (Å²) in [6, 6.07) is 7.24. The molecule has 2 aliphatic rings. The minimum atomic E-state index is -1.08. The number of nitrogens with zero attached hydrogens (tertiary/aromatic N) is 6. The molecule has 226 valence electrons. The number of carbonyl (C=O) groups excluding carboxylic acids is 4. The average Bonchev–Trinajstić information content (AvgIpc) is 3.57. The van der Waals surface area contributed by atoms with Crippen LogP contribution in [-0.2, 0) is 19.2 Å². The summed E-state index contributed by atoms with van der Waals surface area (Å²) in [5.74, 6) is 0.458. The fraction of sp³-hybridized carbons (Fsp3) is 0.370. The fourth-order valence-corrected chi connectivity index (χ4v) is 5.49. The van der Waals surface area contributed by atoms with Gasteiger partial charge in [0, 0.05) is 51.6 Å². The summed E-state index contributed by atoms with van der Waals surface area (Å²) in [6.45, 7) is 6.96. The monoisotopic (exact) mass is 628 g/mol. The third kappa shape index (κ3) is 7.55. The van der Waals surface area contributed by atoms with Gasteiger partial charge in [-0.25, -0.2) is 19.7 Å². The number of ether oxygens (including phenoxy) is 1. The second-order valence-electron chi connectivity index (χ2n) is 9.80. The summed E-state index contributed by atoms with van der Waals surface area (Å²) < 4.78 is 5.03. The van der Waals surface area contributed by atoms with Crippen LogP contribution >= 0.6 is 22.9 Å². The lowest BCUT2D eigenvalue weighted by Gasteiger charge is -2.35. The van der Waals surface area contributed by atoms with Crippen LogP contribution in [0.25, 0.3) is 0 Å². The first-order chi connectivity index (χ1) is 20.7. The Morgan fingerprint density at radius 1 is 1.07 bits per heavy atom. The predicted octanol–water partition coefficient (Wildman–Crippen LogP) is 3.54. The molecule has 4 heterocycles. The molecule has 2 saturated heterocycles. The molecule has 0 unspecified atom stereocenters. The van der Waals surface area contributed by atoms with Crippen LogP contribution in [0.4, 0.5) is 27.2 Å². The van der Waals surface area contributed by atoms with Crippen molar-refractivity contribution in [3.63, 3.8) is 0 Å². The van der Waals surface area contributed by atoms with Crippen molar-refractivity contribution in [2.45, 2.75) is 26.7 Å². The van der Waals surface area contributed by atoms with E-state index in [-0.39, 0.29) is 25.4 Å². The molecule has 0 spiro atoms. The van der Waals surface area contributed by atoms with Crippen LogP contribution in [0.15, 0.2) is 30.5 Å². The second-order valence-corrected chi connectivity index (χ2v) is 11.2. The molecular weight excluding hydrogens is 600 g/mol. The van der Waals surface area contributed by atoms with Gasteiger partial charge in [0.1, 0.15) is 28.9 Å². The van der Waals surface area contributed by atoms with E-state index in [1.54, 1.807) is 13.0 Å². The quantitative estimate of drug-likeness (QED) is 0.262. The van der Waals surface area contributed by atoms with Crippen molar-refractivity contribution in [2.24, 2.45) is 0 Å². The van der Waals surface area contributed by atoms with Crippen LogP contribution in [-0.4, -0.2) is 88.1 Å². The number of aromatic nitrogens is 3. The number of carbonyl (C=O) groups is 4. The minimum Gasteiger partial charge on any atom is -0.431 e. The van der Waals surface area contributed by atoms with Gasteiger partial charge < -0.3 is 20.3 Å². The first kappa shape index (κ1) is 30.1. The van der Waals surface area contributed by atoms with Crippen molar-refractivity contribution in [2.75, 3.05) is 54.9 Å². The van der Waals surface area contributed by atoms with Crippen LogP contribution in [0.2, 0.25) is 5.02 Å². The van der Waals surface area contributed by atoms with Crippen LogP contribution in [0, 0.1) is 13.8 Å². The van der Waals surface area contributed by atoms with Gasteiger partial charge in [-0.2, -0.15) is 0 Å². The van der Waals surface area contributed by atoms with E-state index in [4.69, 9.17) is 21.2 Å². The molecule has 0 atom stereocenters. The van der Waals surface area contributed by atoms with Crippen LogP contribution in [0.1, 0.15) is 33.9 Å². The number of amides is 3. The number of halogens is 1. The molecule has 0 bridgehead atoms. The summed E-state index contributed by atoms with van der Waals surface area (Å²) in [5.41, 5.74) is 1.42. The molecule has 3 aromatic rings. The maximum atomic E-state index is 12.8. The maximum Gasteiger partial charge on any atom is 0.534 e. The molecule has 5 rings (SSSR count). The van der Waals surface area contributed by atoms with Gasteiger partial charge in [-0.1, -0.05) is 40.1 Å². The highest BCUT2D eigenvalue weighted by molar-refractivity contribution is 7.17. The molecular formula is C27H29ClN8O6S. The van der Waals surface area contributed by atoms with Gasteiger partial charge in [0.25, 0.3) is 17.7 Å². The number of benzene rings is 1. The lowest BCUT2D eigenvalue weighted by Crippen LogP contribution is -2.47. The third-order valence-electron chi connectivity index (χ3n) is 6.74. The predicted molar refractivity (Wildman–Crippen MR) is 158 cm³/mol. The minimum absolute atomic E-state index is 0.0232. The number of anilines is 4. The summed E-state index contributed by atoms with van der Waals surface area (Å²) in [5, 5.41) is 7.45. The number of hydrogen-bond donors (Lipinski definition) is 2. The Morgan fingerprint density at radius 2 is 1.81 bits per heavy atom. The van der Waals surface area contributed by atoms with Crippen LogP contribution in [0.3, 0.4) is 0 Å². The first-order valence-electron chi connectivity index (χ1n) is 13.5. The molecule has 1 aromatic carbocycles. The molecule has 43 heavy (non-hydrogen) atoms. The fourth-order valence-electron chi connectivity index (χ4n) is 4.51. The first-order valence-corrected chi connectivity index (χ1v) is 14.7. The Bertz CT molecular complexity index is 1510. The van der Waals surface area contributed by atoms with Gasteiger partial charge in [0.15, 0.2) is 5.13 Å². The van der Waals surface area contributed by atoms with Crippen molar-refractivity contribution in [1.29, 1.82) is 0 Å². The highest BCUT2D eigenvalue weighted by Gasteiger charge is 2.33. The second kappa shape index (κ2) is 13.3. The molecule has 2 aliphatic heterocycles. The topological polar surface area (TPSA) is 159 Å². The molecule has 0 saturated carbocycles. The van der Waals surface area contributed by atoms with E-state index in [9.17, 15) is 19.2 Å². The number of aryl methyl sites for hydroxylation is 2. The largest absolute Gasteiger partial charge is 0.534 e. The molecule has 0 radical (unpaired) electrons. The van der Waals surface area contributed by atoms with E-state index in [0.717, 1.165) is 11.4 Å². The zero-order valence-electron chi connectivity index (χ0n) is 23.5. The molecule has 2 fully saturated rings. The van der Waals surface area contributed by atoms with E-state index >= 15 is 0 Å². The van der Waals surface area contributed by atoms with Crippen molar-refractivity contribution < 1.29 is 28.8 Å². The average molecular weight is 629 g/mol. The Hall–Kier alpha value is -4.34. The van der Waals surface area contributed by atoms with Gasteiger partial charge >= 0.3 is 6.16 Å². The summed E-state index contributed by atoms with van der Waals surface area (Å²) >= 11 is 7.43. The van der Waals surface area contributed by atoms with E-state index < -0.39 is 18.0 Å². The standard InChI is InChI=1S/C27H29ClN8O6S/c1-16-4-3-5-18(28)24(16)33-25(39)19-15-29-26(43-19)32-20-14-21(31-17(2)30-20)35-10-8-34(9-11-35)12-13-41-27(40)42-36-22(37)6-7-23(36)38/h3-5,14-15H,6-13H2,1-2H3,(H,33,39)(H,29,30,31,32). The zero-order chi connectivity index (χ0) is 30.5. The third-order valence-corrected chi connectivity index (χ3v) is 7.97. The number of piperazine rings is 1.